The van der Waals surface area contributed by atoms with Crippen molar-refractivity contribution in [3.63, 3.8) is 0 Å². The Bertz CT molecular complexity index is 723. The summed E-state index contributed by atoms with van der Waals surface area (Å²) in [5.41, 5.74) is 1.77. The van der Waals surface area contributed by atoms with E-state index in [0.29, 0.717) is 32.8 Å². The minimum absolute atomic E-state index is 0.0248. The molecular formula is C21H28N2O4. The molecule has 1 aromatic rings. The molecule has 0 aromatic heterocycles. The van der Waals surface area contributed by atoms with Gasteiger partial charge in [0.05, 0.1) is 12.2 Å². The molecule has 0 saturated carbocycles. The third-order valence-corrected chi connectivity index (χ3v) is 5.46. The van der Waals surface area contributed by atoms with Gasteiger partial charge in [0.1, 0.15) is 5.75 Å². The van der Waals surface area contributed by atoms with Gasteiger partial charge in [-0.05, 0) is 50.0 Å². The third-order valence-electron chi connectivity index (χ3n) is 5.46. The van der Waals surface area contributed by atoms with Gasteiger partial charge in [0, 0.05) is 26.2 Å². The van der Waals surface area contributed by atoms with Crippen LogP contribution in [0.3, 0.4) is 0 Å². The van der Waals surface area contributed by atoms with Crippen molar-refractivity contribution in [2.24, 2.45) is 0 Å². The van der Waals surface area contributed by atoms with E-state index in [-0.39, 0.29) is 24.0 Å². The number of hydrogen-bond acceptors (Lipinski definition) is 4. The van der Waals surface area contributed by atoms with Crippen LogP contribution in [0, 0.1) is 13.8 Å². The molecule has 27 heavy (non-hydrogen) atoms. The highest BCUT2D eigenvalue weighted by Gasteiger charge is 2.41. The second-order valence-corrected chi connectivity index (χ2v) is 7.43. The summed E-state index contributed by atoms with van der Waals surface area (Å²) in [7, 11) is 0. The lowest BCUT2D eigenvalue weighted by molar-refractivity contribution is -0.163. The fourth-order valence-corrected chi connectivity index (χ4v) is 3.72. The van der Waals surface area contributed by atoms with Gasteiger partial charge in [0.2, 0.25) is 5.91 Å². The van der Waals surface area contributed by atoms with Crippen molar-refractivity contribution < 1.29 is 19.1 Å². The minimum Gasteiger partial charge on any atom is -0.483 e. The first-order valence-electron chi connectivity index (χ1n) is 9.46. The summed E-state index contributed by atoms with van der Waals surface area (Å²) in [6, 6.07) is 5.98. The third kappa shape index (κ3) is 4.50. The molecule has 1 spiro atoms. The largest absolute Gasteiger partial charge is 0.483 e. The number of aryl methyl sites for hydroxylation is 2. The molecule has 2 amide bonds. The van der Waals surface area contributed by atoms with Crippen molar-refractivity contribution in [2.75, 3.05) is 39.4 Å². The summed E-state index contributed by atoms with van der Waals surface area (Å²) in [4.78, 5) is 28.1. The number of nitrogens with zero attached hydrogens (tertiary/aromatic N) is 2. The maximum atomic E-state index is 12.7. The van der Waals surface area contributed by atoms with Crippen LogP contribution >= 0.6 is 0 Å². The van der Waals surface area contributed by atoms with Crippen LogP contribution in [0.15, 0.2) is 30.9 Å². The molecule has 146 valence electrons. The highest BCUT2D eigenvalue weighted by Crippen LogP contribution is 2.30. The smallest absolute Gasteiger partial charge is 0.260 e. The lowest BCUT2D eigenvalue weighted by Crippen LogP contribution is -2.59. The highest BCUT2D eigenvalue weighted by molar-refractivity contribution is 5.87. The molecule has 2 aliphatic rings. The summed E-state index contributed by atoms with van der Waals surface area (Å²) in [5, 5.41) is 0. The second kappa shape index (κ2) is 8.13. The molecule has 0 atom stereocenters. The summed E-state index contributed by atoms with van der Waals surface area (Å²) in [6.07, 6.45) is 2.81. The molecule has 0 unspecified atom stereocenters. The fraction of sp³-hybridized carbons (Fsp3) is 0.524. The van der Waals surface area contributed by atoms with Gasteiger partial charge >= 0.3 is 0 Å². The van der Waals surface area contributed by atoms with Gasteiger partial charge in [-0.3, -0.25) is 9.59 Å². The minimum atomic E-state index is -0.356. The predicted molar refractivity (Wildman–Crippen MR) is 103 cm³/mol. The quantitative estimate of drug-likeness (QED) is 0.760. The Morgan fingerprint density at radius 2 is 1.96 bits per heavy atom. The molecule has 0 radical (unpaired) electrons. The van der Waals surface area contributed by atoms with Crippen molar-refractivity contribution in [1.82, 2.24) is 9.80 Å². The van der Waals surface area contributed by atoms with E-state index in [1.54, 1.807) is 4.90 Å². The molecule has 1 aromatic carbocycles. The Hall–Kier alpha value is -2.34. The van der Waals surface area contributed by atoms with Gasteiger partial charge in [-0.15, -0.1) is 0 Å². The number of ether oxygens (including phenoxy) is 2. The fourth-order valence-electron chi connectivity index (χ4n) is 3.72. The van der Waals surface area contributed by atoms with Crippen LogP contribution in [0.25, 0.3) is 0 Å². The molecule has 2 heterocycles. The Morgan fingerprint density at radius 1 is 1.22 bits per heavy atom. The lowest BCUT2D eigenvalue weighted by atomic mass is 9.89. The number of carbonyl (C=O) groups excluding carboxylic acids is 2. The van der Waals surface area contributed by atoms with Gasteiger partial charge in [0.25, 0.3) is 5.91 Å². The van der Waals surface area contributed by atoms with Crippen molar-refractivity contribution in [1.29, 1.82) is 0 Å². The first kappa shape index (κ1) is 19.4. The standard InChI is InChI=1S/C21H28N2O4/c1-4-19(24)22-9-7-21(8-10-22)15-23(11-12-27-21)20(25)14-26-18-13-16(2)5-6-17(18)3/h4-6,13H,1,7-12,14-15H2,2-3H3. The summed E-state index contributed by atoms with van der Waals surface area (Å²) in [5.74, 6) is 0.682. The van der Waals surface area contributed by atoms with Crippen LogP contribution in [-0.4, -0.2) is 66.6 Å². The molecule has 2 aliphatic heterocycles. The number of carbonyl (C=O) groups is 2. The highest BCUT2D eigenvalue weighted by atomic mass is 16.5. The van der Waals surface area contributed by atoms with Gasteiger partial charge in [-0.2, -0.15) is 0 Å². The molecular weight excluding hydrogens is 344 g/mol. The average Bonchev–Trinajstić information content (AvgIpc) is 2.68. The summed E-state index contributed by atoms with van der Waals surface area (Å²) < 4.78 is 11.8. The first-order chi connectivity index (χ1) is 12.9. The van der Waals surface area contributed by atoms with E-state index >= 15 is 0 Å². The molecule has 3 rings (SSSR count). The van der Waals surface area contributed by atoms with Crippen LogP contribution in [0.4, 0.5) is 0 Å². The SMILES string of the molecule is C=CC(=O)N1CCC2(CC1)CN(C(=O)COc1cc(C)ccc1C)CCO2. The zero-order valence-electron chi connectivity index (χ0n) is 16.2. The molecule has 0 aliphatic carbocycles. The van der Waals surface area contributed by atoms with Crippen LogP contribution in [0.1, 0.15) is 24.0 Å². The maximum absolute atomic E-state index is 12.7. The number of morpholine rings is 1. The van der Waals surface area contributed by atoms with Crippen molar-refractivity contribution in [3.05, 3.63) is 42.0 Å². The molecule has 2 saturated heterocycles. The molecule has 2 fully saturated rings. The lowest BCUT2D eigenvalue weighted by Gasteiger charge is -2.47. The van der Waals surface area contributed by atoms with E-state index in [1.807, 2.05) is 36.9 Å². The number of piperidine rings is 1. The monoisotopic (exact) mass is 372 g/mol. The van der Waals surface area contributed by atoms with Crippen molar-refractivity contribution >= 4 is 11.8 Å². The van der Waals surface area contributed by atoms with Gasteiger partial charge in [-0.25, -0.2) is 0 Å². The summed E-state index contributed by atoms with van der Waals surface area (Å²) >= 11 is 0. The molecule has 0 bridgehead atoms. The van der Waals surface area contributed by atoms with E-state index in [1.165, 1.54) is 6.08 Å². The number of amides is 2. The number of likely N-dealkylation sites (tertiary alicyclic amines) is 1. The van der Waals surface area contributed by atoms with Crippen molar-refractivity contribution in [2.45, 2.75) is 32.3 Å². The number of hydrogen-bond donors (Lipinski definition) is 0. The normalized spacial score (nSPS) is 19.0. The Kier molecular flexibility index (Phi) is 5.85. The van der Waals surface area contributed by atoms with Gasteiger partial charge in [-0.1, -0.05) is 18.7 Å². The van der Waals surface area contributed by atoms with E-state index in [9.17, 15) is 9.59 Å². The Labute approximate surface area is 160 Å². The van der Waals surface area contributed by atoms with Gasteiger partial charge < -0.3 is 19.3 Å². The zero-order valence-corrected chi connectivity index (χ0v) is 16.2. The van der Waals surface area contributed by atoms with E-state index in [0.717, 1.165) is 29.7 Å². The zero-order chi connectivity index (χ0) is 19.4. The van der Waals surface area contributed by atoms with Crippen molar-refractivity contribution in [3.8, 4) is 5.75 Å². The van der Waals surface area contributed by atoms with E-state index in [2.05, 4.69) is 6.58 Å². The Morgan fingerprint density at radius 3 is 2.67 bits per heavy atom. The number of rotatable bonds is 4. The van der Waals surface area contributed by atoms with Crippen LogP contribution in [0.2, 0.25) is 0 Å². The first-order valence-corrected chi connectivity index (χ1v) is 9.46. The van der Waals surface area contributed by atoms with Crippen LogP contribution in [0.5, 0.6) is 5.75 Å². The number of benzene rings is 1. The average molecular weight is 372 g/mol. The van der Waals surface area contributed by atoms with E-state index < -0.39 is 0 Å². The molecule has 6 heteroatoms. The van der Waals surface area contributed by atoms with Crippen LogP contribution in [-0.2, 0) is 14.3 Å². The van der Waals surface area contributed by atoms with Gasteiger partial charge in [0.15, 0.2) is 6.61 Å². The topological polar surface area (TPSA) is 59.1 Å². The molecule has 6 nitrogen and oxygen atoms in total. The van der Waals surface area contributed by atoms with E-state index in [4.69, 9.17) is 9.47 Å². The second-order valence-electron chi connectivity index (χ2n) is 7.43. The maximum Gasteiger partial charge on any atom is 0.260 e. The summed E-state index contributed by atoms with van der Waals surface area (Å²) in [6.45, 7) is 10.5. The predicted octanol–water partition coefficient (Wildman–Crippen LogP) is 2.09. The van der Waals surface area contributed by atoms with Crippen LogP contribution < -0.4 is 4.74 Å². The Balaban J connectivity index is 1.56. The molecule has 0 N–H and O–H groups in total.